The van der Waals surface area contributed by atoms with Gasteiger partial charge in [-0.2, -0.15) is 0 Å². The molecule has 1 aromatic rings. The molecular weight excluding hydrogens is 298 g/mol. The summed E-state index contributed by atoms with van der Waals surface area (Å²) in [5.74, 6) is -1.79. The van der Waals surface area contributed by atoms with Crippen molar-refractivity contribution in [1.29, 1.82) is 0 Å². The van der Waals surface area contributed by atoms with Crippen LogP contribution in [-0.4, -0.2) is 41.5 Å². The first-order valence-electron chi connectivity index (χ1n) is 7.47. The smallest absolute Gasteiger partial charge is 0.326 e. The number of carbonyl (C=O) groups is 3. The molecule has 0 aliphatic rings. The lowest BCUT2D eigenvalue weighted by molar-refractivity contribution is -0.142. The molecule has 0 fully saturated rings. The summed E-state index contributed by atoms with van der Waals surface area (Å²) < 4.78 is 0. The highest BCUT2D eigenvalue weighted by Crippen LogP contribution is 2.03. The zero-order chi connectivity index (χ0) is 17.2. The topological polar surface area (TPSA) is 122 Å². The number of nitrogens with one attached hydrogen (secondary N) is 2. The van der Waals surface area contributed by atoms with Crippen molar-refractivity contribution in [2.24, 2.45) is 5.73 Å². The van der Waals surface area contributed by atoms with E-state index in [0.29, 0.717) is 19.4 Å². The molecule has 126 valence electrons. The summed E-state index contributed by atoms with van der Waals surface area (Å²) in [5.41, 5.74) is 6.74. The highest BCUT2D eigenvalue weighted by atomic mass is 16.4. The zero-order valence-corrected chi connectivity index (χ0v) is 13.1. The van der Waals surface area contributed by atoms with Crippen LogP contribution in [0.3, 0.4) is 0 Å². The maximum Gasteiger partial charge on any atom is 0.326 e. The van der Waals surface area contributed by atoms with E-state index in [2.05, 4.69) is 10.6 Å². The first kappa shape index (κ1) is 18.6. The fourth-order valence-corrected chi connectivity index (χ4v) is 2.07. The molecule has 0 radical (unpaired) electrons. The Morgan fingerprint density at radius 2 is 1.87 bits per heavy atom. The van der Waals surface area contributed by atoms with Crippen molar-refractivity contribution >= 4 is 17.8 Å². The molecule has 7 heteroatoms. The fourth-order valence-electron chi connectivity index (χ4n) is 2.07. The van der Waals surface area contributed by atoms with Gasteiger partial charge in [-0.15, -0.1) is 0 Å². The highest BCUT2D eigenvalue weighted by molar-refractivity contribution is 5.86. The minimum absolute atomic E-state index is 0.175. The number of carboxylic acids is 1. The molecule has 0 heterocycles. The fraction of sp³-hybridized carbons (Fsp3) is 0.438. The van der Waals surface area contributed by atoms with Crippen LogP contribution in [-0.2, 0) is 20.8 Å². The zero-order valence-electron chi connectivity index (χ0n) is 13.1. The van der Waals surface area contributed by atoms with Crippen LogP contribution in [0.25, 0.3) is 0 Å². The molecule has 0 saturated carbocycles. The van der Waals surface area contributed by atoms with Gasteiger partial charge in [0.2, 0.25) is 11.8 Å². The number of aliphatic carboxylic acids is 1. The van der Waals surface area contributed by atoms with Gasteiger partial charge in [0.05, 0.1) is 6.04 Å². The molecule has 0 bridgehead atoms. The van der Waals surface area contributed by atoms with E-state index in [1.54, 1.807) is 0 Å². The largest absolute Gasteiger partial charge is 0.480 e. The standard InChI is InChI=1S/C16H23N3O4/c1-11(20)18-9-5-8-14(16(22)23)19-15(21)13(17)10-12-6-3-2-4-7-12/h2-4,6-7,13-14H,5,8-10,17H2,1H3,(H,18,20)(H,19,21)(H,22,23)/t13-,14-/m0/s1. The van der Waals surface area contributed by atoms with Gasteiger partial charge in [-0.05, 0) is 24.8 Å². The van der Waals surface area contributed by atoms with Crippen LogP contribution < -0.4 is 16.4 Å². The lowest BCUT2D eigenvalue weighted by Crippen LogP contribution is -2.49. The summed E-state index contributed by atoms with van der Waals surface area (Å²) in [6.07, 6.45) is 1.01. The predicted octanol–water partition coefficient (Wildman–Crippen LogP) is 0.0421. The molecule has 1 rings (SSSR count). The normalized spacial score (nSPS) is 13.0. The van der Waals surface area contributed by atoms with Gasteiger partial charge in [-0.25, -0.2) is 4.79 Å². The minimum Gasteiger partial charge on any atom is -0.480 e. The molecule has 2 atom stereocenters. The summed E-state index contributed by atoms with van der Waals surface area (Å²) in [6.45, 7) is 1.75. The van der Waals surface area contributed by atoms with Gasteiger partial charge in [0.25, 0.3) is 0 Å². The number of carboxylic acid groups (broad SMARTS) is 1. The monoisotopic (exact) mass is 321 g/mol. The second-order valence-electron chi connectivity index (χ2n) is 5.32. The van der Waals surface area contributed by atoms with Crippen molar-refractivity contribution < 1.29 is 19.5 Å². The Kier molecular flexibility index (Phi) is 7.76. The Hall–Kier alpha value is -2.41. The minimum atomic E-state index is -1.12. The quantitative estimate of drug-likeness (QED) is 0.479. The van der Waals surface area contributed by atoms with Gasteiger partial charge in [0.15, 0.2) is 0 Å². The molecule has 0 spiro atoms. The second kappa shape index (κ2) is 9.58. The number of hydrogen-bond donors (Lipinski definition) is 4. The van der Waals surface area contributed by atoms with E-state index in [1.165, 1.54) is 6.92 Å². The number of hydrogen-bond acceptors (Lipinski definition) is 4. The summed E-state index contributed by atoms with van der Waals surface area (Å²) in [5, 5.41) is 14.2. The summed E-state index contributed by atoms with van der Waals surface area (Å²) in [7, 11) is 0. The second-order valence-corrected chi connectivity index (χ2v) is 5.32. The predicted molar refractivity (Wildman–Crippen MR) is 85.6 cm³/mol. The van der Waals surface area contributed by atoms with Crippen molar-refractivity contribution in [3.8, 4) is 0 Å². The van der Waals surface area contributed by atoms with Crippen LogP contribution in [0.4, 0.5) is 0 Å². The first-order valence-corrected chi connectivity index (χ1v) is 7.47. The van der Waals surface area contributed by atoms with Crippen LogP contribution in [0, 0.1) is 0 Å². The van der Waals surface area contributed by atoms with E-state index < -0.39 is 24.0 Å². The van der Waals surface area contributed by atoms with Crippen molar-refractivity contribution in [3.05, 3.63) is 35.9 Å². The number of amides is 2. The maximum atomic E-state index is 12.0. The Morgan fingerprint density at radius 1 is 1.22 bits per heavy atom. The third-order valence-electron chi connectivity index (χ3n) is 3.29. The van der Waals surface area contributed by atoms with E-state index in [0.717, 1.165) is 5.56 Å². The Morgan fingerprint density at radius 3 is 2.43 bits per heavy atom. The average Bonchev–Trinajstić information content (AvgIpc) is 2.50. The van der Waals surface area contributed by atoms with E-state index in [4.69, 9.17) is 10.8 Å². The van der Waals surface area contributed by atoms with Crippen LogP contribution in [0.15, 0.2) is 30.3 Å². The van der Waals surface area contributed by atoms with Crippen molar-refractivity contribution in [3.63, 3.8) is 0 Å². The molecule has 0 aromatic heterocycles. The molecule has 0 unspecified atom stereocenters. The lowest BCUT2D eigenvalue weighted by Gasteiger charge is -2.18. The van der Waals surface area contributed by atoms with E-state index in [-0.39, 0.29) is 12.3 Å². The molecule has 0 saturated heterocycles. The third-order valence-corrected chi connectivity index (χ3v) is 3.29. The van der Waals surface area contributed by atoms with Gasteiger partial charge in [-0.3, -0.25) is 9.59 Å². The van der Waals surface area contributed by atoms with Gasteiger partial charge in [-0.1, -0.05) is 30.3 Å². The molecule has 23 heavy (non-hydrogen) atoms. The SMILES string of the molecule is CC(=O)NCCC[C@H](NC(=O)[C@@H](N)Cc1ccccc1)C(=O)O. The lowest BCUT2D eigenvalue weighted by atomic mass is 10.1. The molecular formula is C16H23N3O4. The Bertz CT molecular complexity index is 533. The Labute approximate surface area is 135 Å². The van der Waals surface area contributed by atoms with E-state index >= 15 is 0 Å². The van der Waals surface area contributed by atoms with E-state index in [9.17, 15) is 14.4 Å². The number of carbonyl (C=O) groups excluding carboxylic acids is 2. The van der Waals surface area contributed by atoms with Gasteiger partial charge < -0.3 is 21.5 Å². The van der Waals surface area contributed by atoms with Crippen LogP contribution >= 0.6 is 0 Å². The van der Waals surface area contributed by atoms with Crippen LogP contribution in [0.5, 0.6) is 0 Å². The average molecular weight is 321 g/mol. The Balaban J connectivity index is 2.46. The summed E-state index contributed by atoms with van der Waals surface area (Å²) in [4.78, 5) is 34.0. The summed E-state index contributed by atoms with van der Waals surface area (Å²) in [6, 6.07) is 7.45. The van der Waals surface area contributed by atoms with Crippen molar-refractivity contribution in [1.82, 2.24) is 10.6 Å². The van der Waals surface area contributed by atoms with Crippen LogP contribution in [0.1, 0.15) is 25.3 Å². The van der Waals surface area contributed by atoms with Crippen molar-refractivity contribution in [2.45, 2.75) is 38.3 Å². The van der Waals surface area contributed by atoms with Gasteiger partial charge >= 0.3 is 5.97 Å². The van der Waals surface area contributed by atoms with Crippen molar-refractivity contribution in [2.75, 3.05) is 6.54 Å². The van der Waals surface area contributed by atoms with Gasteiger partial charge in [0.1, 0.15) is 6.04 Å². The number of rotatable bonds is 9. The first-order chi connectivity index (χ1) is 10.9. The maximum absolute atomic E-state index is 12.0. The number of nitrogens with two attached hydrogens (primary N) is 1. The number of benzene rings is 1. The molecule has 0 aliphatic carbocycles. The molecule has 0 aliphatic heterocycles. The van der Waals surface area contributed by atoms with E-state index in [1.807, 2.05) is 30.3 Å². The molecule has 5 N–H and O–H groups in total. The van der Waals surface area contributed by atoms with Crippen LogP contribution in [0.2, 0.25) is 0 Å². The molecule has 7 nitrogen and oxygen atoms in total. The molecule has 1 aromatic carbocycles. The van der Waals surface area contributed by atoms with Gasteiger partial charge in [0, 0.05) is 13.5 Å². The highest BCUT2D eigenvalue weighted by Gasteiger charge is 2.23. The third kappa shape index (κ3) is 7.42. The summed E-state index contributed by atoms with van der Waals surface area (Å²) >= 11 is 0. The molecule has 2 amide bonds.